The van der Waals surface area contributed by atoms with Crippen molar-refractivity contribution in [1.29, 1.82) is 0 Å². The van der Waals surface area contributed by atoms with Crippen molar-refractivity contribution in [1.82, 2.24) is 0 Å². The normalized spacial score (nSPS) is 10.1. The van der Waals surface area contributed by atoms with Crippen LogP contribution in [0.15, 0.2) is 29.8 Å². The Labute approximate surface area is 136 Å². The summed E-state index contributed by atoms with van der Waals surface area (Å²) >= 11 is 0. The third-order valence-corrected chi connectivity index (χ3v) is 3.15. The predicted octanol–water partition coefficient (Wildman–Crippen LogP) is -0.515. The Hall–Kier alpha value is -2.91. The lowest BCUT2D eigenvalue weighted by atomic mass is 9.99. The molecular weight excluding hydrogens is 322 g/mol. The highest BCUT2D eigenvalue weighted by Crippen LogP contribution is 2.23. The molecular formula is C15H17NO8. The fourth-order valence-electron chi connectivity index (χ4n) is 2.13. The number of benzene rings is 1. The number of anilines is 1. The molecule has 5 N–H and O–H groups in total. The van der Waals surface area contributed by atoms with Gasteiger partial charge in [-0.15, -0.1) is 0 Å². The Morgan fingerprint density at radius 2 is 1.25 bits per heavy atom. The Kier molecular flexibility index (Phi) is 6.90. The second-order valence-electron chi connectivity index (χ2n) is 4.65. The van der Waals surface area contributed by atoms with Crippen molar-refractivity contribution in [3.05, 3.63) is 35.4 Å². The van der Waals surface area contributed by atoms with Gasteiger partial charge in [0.2, 0.25) is 0 Å². The van der Waals surface area contributed by atoms with E-state index in [1.807, 2.05) is 0 Å². The molecule has 0 bridgehead atoms. The lowest BCUT2D eigenvalue weighted by Crippen LogP contribution is -2.29. The molecule has 1 aromatic rings. The van der Waals surface area contributed by atoms with Gasteiger partial charge in [-0.2, -0.15) is 0 Å². The number of carboxylic acids is 3. The van der Waals surface area contributed by atoms with Crippen LogP contribution >= 0.6 is 0 Å². The minimum Gasteiger partial charge on any atom is -0.478 e. The van der Waals surface area contributed by atoms with Gasteiger partial charge in [0.1, 0.15) is 0 Å². The van der Waals surface area contributed by atoms with E-state index in [0.29, 0.717) is 5.69 Å². The minimum absolute atomic E-state index is 0.0843. The first-order valence-corrected chi connectivity index (χ1v) is 6.84. The number of carboxylic acid groups (broad SMARTS) is 3. The van der Waals surface area contributed by atoms with Crippen LogP contribution in [0.5, 0.6) is 0 Å². The molecule has 0 aliphatic carbocycles. The summed E-state index contributed by atoms with van der Waals surface area (Å²) in [6, 6.07) is 5.44. The molecule has 0 amide bonds. The van der Waals surface area contributed by atoms with Crippen molar-refractivity contribution in [2.45, 2.75) is 0 Å². The minimum atomic E-state index is -1.86. The molecule has 24 heavy (non-hydrogen) atoms. The first-order chi connectivity index (χ1) is 11.3. The zero-order valence-electron chi connectivity index (χ0n) is 12.5. The Bertz CT molecular complexity index is 628. The van der Waals surface area contributed by atoms with Crippen molar-refractivity contribution in [2.75, 3.05) is 31.2 Å². The number of nitrogens with zero attached hydrogens (tertiary/aromatic N) is 1. The molecule has 0 spiro atoms. The van der Waals surface area contributed by atoms with Crippen molar-refractivity contribution < 1.29 is 39.9 Å². The van der Waals surface area contributed by atoms with E-state index in [1.165, 1.54) is 24.3 Å². The molecule has 0 radical (unpaired) electrons. The summed E-state index contributed by atoms with van der Waals surface area (Å²) < 4.78 is 0. The van der Waals surface area contributed by atoms with Crippen LogP contribution in [-0.2, 0) is 14.4 Å². The van der Waals surface area contributed by atoms with E-state index < -0.39 is 29.1 Å². The molecule has 130 valence electrons. The highest BCUT2D eigenvalue weighted by atomic mass is 16.4. The molecule has 0 aromatic heterocycles. The van der Waals surface area contributed by atoms with Crippen LogP contribution in [0, 0.1) is 0 Å². The van der Waals surface area contributed by atoms with Crippen LogP contribution in [0.4, 0.5) is 5.69 Å². The maximum Gasteiger partial charge on any atom is 0.344 e. The van der Waals surface area contributed by atoms with E-state index in [9.17, 15) is 19.5 Å². The predicted molar refractivity (Wildman–Crippen MR) is 82.7 cm³/mol. The maximum atomic E-state index is 11.3. The van der Waals surface area contributed by atoms with Crippen LogP contribution in [0.1, 0.15) is 5.56 Å². The van der Waals surface area contributed by atoms with Crippen LogP contribution in [0.3, 0.4) is 0 Å². The summed E-state index contributed by atoms with van der Waals surface area (Å²) in [6.45, 7) is 0.141. The van der Waals surface area contributed by atoms with Crippen LogP contribution in [0.25, 0.3) is 5.57 Å². The third kappa shape index (κ3) is 4.54. The van der Waals surface area contributed by atoms with E-state index in [-0.39, 0.29) is 31.9 Å². The topological polar surface area (TPSA) is 156 Å². The number of hydrogen-bond acceptors (Lipinski definition) is 6. The van der Waals surface area contributed by atoms with Gasteiger partial charge in [0, 0.05) is 18.8 Å². The SMILES string of the molecule is O=C(O)C(C(=O)O)=C(C(=O)O)c1ccc(N(CCO)CCO)cc1. The van der Waals surface area contributed by atoms with Crippen LogP contribution < -0.4 is 4.90 Å². The summed E-state index contributed by atoms with van der Waals surface area (Å²) in [7, 11) is 0. The molecule has 0 atom stereocenters. The van der Waals surface area contributed by atoms with Gasteiger partial charge in [-0.1, -0.05) is 12.1 Å². The van der Waals surface area contributed by atoms with Gasteiger partial charge in [0.05, 0.1) is 18.8 Å². The lowest BCUT2D eigenvalue weighted by molar-refractivity contribution is -0.141. The summed E-state index contributed by atoms with van der Waals surface area (Å²) in [5.41, 5.74) is -1.60. The molecule has 0 fully saturated rings. The molecule has 0 saturated heterocycles. The monoisotopic (exact) mass is 339 g/mol. The summed E-state index contributed by atoms with van der Waals surface area (Å²) in [5, 5.41) is 45.1. The summed E-state index contributed by atoms with van der Waals surface area (Å²) in [4.78, 5) is 35.0. The molecule has 0 aliphatic heterocycles. The quantitative estimate of drug-likeness (QED) is 0.227. The van der Waals surface area contributed by atoms with Crippen molar-refractivity contribution in [2.24, 2.45) is 0 Å². The molecule has 0 heterocycles. The number of aliphatic hydroxyl groups excluding tert-OH is 2. The van der Waals surface area contributed by atoms with Gasteiger partial charge in [0.15, 0.2) is 5.57 Å². The van der Waals surface area contributed by atoms with Crippen molar-refractivity contribution in [3.63, 3.8) is 0 Å². The summed E-state index contributed by atoms with van der Waals surface area (Å²) in [5.74, 6) is -5.39. The average molecular weight is 339 g/mol. The standard InChI is InChI=1S/C15H17NO8/c17-7-5-16(6-8-18)10-3-1-9(2-4-10)11(13(19)20)12(14(21)22)15(23)24/h1-4,17-18H,5-8H2,(H,19,20)(H,21,22)(H,23,24). The maximum absolute atomic E-state index is 11.3. The van der Waals surface area contributed by atoms with Gasteiger partial charge in [-0.3, -0.25) is 0 Å². The van der Waals surface area contributed by atoms with Gasteiger partial charge < -0.3 is 30.4 Å². The highest BCUT2D eigenvalue weighted by Gasteiger charge is 2.27. The first-order valence-electron chi connectivity index (χ1n) is 6.84. The van der Waals surface area contributed by atoms with E-state index in [0.717, 1.165) is 0 Å². The largest absolute Gasteiger partial charge is 0.478 e. The smallest absolute Gasteiger partial charge is 0.344 e. The number of aliphatic hydroxyl groups is 2. The second kappa shape index (κ2) is 8.65. The first kappa shape index (κ1) is 19.1. The molecule has 0 saturated carbocycles. The Morgan fingerprint density at radius 3 is 1.58 bits per heavy atom. The lowest BCUT2D eigenvalue weighted by Gasteiger charge is -2.23. The Morgan fingerprint density at radius 1 is 0.792 bits per heavy atom. The molecule has 0 unspecified atom stereocenters. The van der Waals surface area contributed by atoms with Gasteiger partial charge in [0.25, 0.3) is 0 Å². The molecule has 1 rings (SSSR count). The van der Waals surface area contributed by atoms with E-state index in [1.54, 1.807) is 4.90 Å². The van der Waals surface area contributed by atoms with Crippen molar-refractivity contribution >= 4 is 29.2 Å². The van der Waals surface area contributed by atoms with Gasteiger partial charge in [-0.05, 0) is 17.7 Å². The van der Waals surface area contributed by atoms with E-state index in [2.05, 4.69) is 0 Å². The third-order valence-electron chi connectivity index (χ3n) is 3.15. The molecule has 1 aromatic carbocycles. The molecule has 9 nitrogen and oxygen atoms in total. The summed E-state index contributed by atoms with van der Waals surface area (Å²) in [6.07, 6.45) is 0. The second-order valence-corrected chi connectivity index (χ2v) is 4.65. The Balaban J connectivity index is 3.34. The number of carbonyl (C=O) groups is 3. The van der Waals surface area contributed by atoms with E-state index >= 15 is 0 Å². The van der Waals surface area contributed by atoms with Gasteiger partial charge in [-0.25, -0.2) is 14.4 Å². The fourth-order valence-corrected chi connectivity index (χ4v) is 2.13. The average Bonchev–Trinajstić information content (AvgIpc) is 2.51. The van der Waals surface area contributed by atoms with Gasteiger partial charge >= 0.3 is 17.9 Å². The van der Waals surface area contributed by atoms with E-state index in [4.69, 9.17) is 20.4 Å². The van der Waals surface area contributed by atoms with Crippen LogP contribution in [-0.4, -0.2) is 69.7 Å². The number of aliphatic carboxylic acids is 3. The number of hydrogen-bond donors (Lipinski definition) is 5. The molecule has 0 aliphatic rings. The zero-order chi connectivity index (χ0) is 18.3. The zero-order valence-corrected chi connectivity index (χ0v) is 12.5. The van der Waals surface area contributed by atoms with Crippen molar-refractivity contribution in [3.8, 4) is 0 Å². The highest BCUT2D eigenvalue weighted by molar-refractivity contribution is 6.31. The molecule has 9 heteroatoms. The fraction of sp³-hybridized carbons (Fsp3) is 0.267. The van der Waals surface area contributed by atoms with Crippen LogP contribution in [0.2, 0.25) is 0 Å². The number of rotatable bonds is 9.